The first kappa shape index (κ1) is 14.7. The zero-order chi connectivity index (χ0) is 14.4. The summed E-state index contributed by atoms with van der Waals surface area (Å²) in [4.78, 5) is 12.8. The first-order valence-corrected chi connectivity index (χ1v) is 6.82. The minimum atomic E-state index is 0.356. The van der Waals surface area contributed by atoms with Crippen LogP contribution in [0.15, 0.2) is 24.4 Å². The molecule has 0 atom stereocenters. The summed E-state index contributed by atoms with van der Waals surface area (Å²) in [6.45, 7) is 5.51. The molecule has 0 aliphatic rings. The van der Waals surface area contributed by atoms with Crippen LogP contribution >= 0.6 is 11.6 Å². The fraction of sp³-hybridized carbons (Fsp3) is 0.357. The number of anilines is 1. The minimum Gasteiger partial charge on any atom is -0.374 e. The van der Waals surface area contributed by atoms with E-state index in [2.05, 4.69) is 20.3 Å². The number of hydrogen-bond acceptors (Lipinski definition) is 5. The lowest BCUT2D eigenvalue weighted by atomic mass is 10.2. The van der Waals surface area contributed by atoms with E-state index < -0.39 is 0 Å². The molecule has 0 aromatic carbocycles. The second kappa shape index (κ2) is 7.17. The van der Waals surface area contributed by atoms with Crippen molar-refractivity contribution in [3.05, 3.63) is 46.6 Å². The highest BCUT2D eigenvalue weighted by Gasteiger charge is 2.05. The van der Waals surface area contributed by atoms with E-state index in [0.29, 0.717) is 36.6 Å². The molecule has 0 bridgehead atoms. The van der Waals surface area contributed by atoms with Crippen molar-refractivity contribution in [1.29, 1.82) is 0 Å². The highest BCUT2D eigenvalue weighted by Crippen LogP contribution is 2.13. The van der Waals surface area contributed by atoms with Gasteiger partial charge in [-0.05, 0) is 25.5 Å². The Hall–Kier alpha value is -1.72. The van der Waals surface area contributed by atoms with Crippen LogP contribution in [0.2, 0.25) is 5.15 Å². The van der Waals surface area contributed by atoms with Crippen molar-refractivity contribution in [1.82, 2.24) is 15.0 Å². The Labute approximate surface area is 123 Å². The summed E-state index contributed by atoms with van der Waals surface area (Å²) in [7, 11) is 0. The van der Waals surface area contributed by atoms with Crippen LogP contribution in [0, 0.1) is 6.92 Å². The van der Waals surface area contributed by atoms with Crippen molar-refractivity contribution in [2.45, 2.75) is 27.0 Å². The van der Waals surface area contributed by atoms with Crippen LogP contribution in [0.1, 0.15) is 24.0 Å². The lowest BCUT2D eigenvalue weighted by Gasteiger charge is -2.09. The van der Waals surface area contributed by atoms with Crippen LogP contribution in [0.4, 0.5) is 5.82 Å². The van der Waals surface area contributed by atoms with Gasteiger partial charge in [0.25, 0.3) is 0 Å². The number of aryl methyl sites for hydroxylation is 1. The summed E-state index contributed by atoms with van der Waals surface area (Å²) >= 11 is 5.98. The monoisotopic (exact) mass is 292 g/mol. The second-order valence-electron chi connectivity index (χ2n) is 4.25. The van der Waals surface area contributed by atoms with Gasteiger partial charge in [0.05, 0.1) is 12.2 Å². The number of nitrogens with one attached hydrogen (secondary N) is 1. The third kappa shape index (κ3) is 4.15. The molecule has 20 heavy (non-hydrogen) atoms. The van der Waals surface area contributed by atoms with Gasteiger partial charge in [-0.3, -0.25) is 4.98 Å². The quantitative estimate of drug-likeness (QED) is 0.830. The van der Waals surface area contributed by atoms with Gasteiger partial charge in [0.15, 0.2) is 5.82 Å². The van der Waals surface area contributed by atoms with Crippen LogP contribution in [0.5, 0.6) is 0 Å². The molecule has 1 N–H and O–H groups in total. The van der Waals surface area contributed by atoms with E-state index in [0.717, 1.165) is 11.3 Å². The van der Waals surface area contributed by atoms with E-state index in [9.17, 15) is 0 Å². The molecule has 0 spiro atoms. The Bertz CT molecular complexity index is 577. The van der Waals surface area contributed by atoms with Crippen molar-refractivity contribution < 1.29 is 4.74 Å². The molecule has 106 valence electrons. The largest absolute Gasteiger partial charge is 0.374 e. The maximum atomic E-state index is 5.98. The lowest BCUT2D eigenvalue weighted by molar-refractivity contribution is 0.128. The van der Waals surface area contributed by atoms with Gasteiger partial charge in [0, 0.05) is 18.9 Å². The van der Waals surface area contributed by atoms with Crippen molar-refractivity contribution in [3.63, 3.8) is 0 Å². The van der Waals surface area contributed by atoms with Crippen molar-refractivity contribution >= 4 is 17.4 Å². The Morgan fingerprint density at radius 2 is 2.20 bits per heavy atom. The molecule has 0 unspecified atom stereocenters. The first-order chi connectivity index (χ1) is 9.69. The normalized spacial score (nSPS) is 10.6. The second-order valence-corrected chi connectivity index (χ2v) is 4.64. The third-order valence-electron chi connectivity index (χ3n) is 2.73. The third-order valence-corrected chi connectivity index (χ3v) is 2.92. The summed E-state index contributed by atoms with van der Waals surface area (Å²) in [6, 6.07) is 5.63. The number of aromatic nitrogens is 3. The average molecular weight is 293 g/mol. The van der Waals surface area contributed by atoms with E-state index in [-0.39, 0.29) is 0 Å². The predicted octanol–water partition coefficient (Wildman–Crippen LogP) is 2.98. The van der Waals surface area contributed by atoms with Gasteiger partial charge in [-0.1, -0.05) is 17.7 Å². The zero-order valence-electron chi connectivity index (χ0n) is 11.6. The summed E-state index contributed by atoms with van der Waals surface area (Å²) in [6.07, 6.45) is 1.78. The average Bonchev–Trinajstić information content (AvgIpc) is 2.44. The van der Waals surface area contributed by atoms with E-state index >= 15 is 0 Å². The highest BCUT2D eigenvalue weighted by molar-refractivity contribution is 6.29. The Morgan fingerprint density at radius 1 is 1.35 bits per heavy atom. The van der Waals surface area contributed by atoms with E-state index in [1.165, 1.54) is 0 Å². The van der Waals surface area contributed by atoms with E-state index in [1.807, 2.05) is 26.0 Å². The number of ether oxygens (including phenoxy) is 1. The van der Waals surface area contributed by atoms with Crippen LogP contribution in [0.3, 0.4) is 0 Å². The summed E-state index contributed by atoms with van der Waals surface area (Å²) in [5.74, 6) is 1.24. The van der Waals surface area contributed by atoms with Crippen LogP contribution in [0.25, 0.3) is 0 Å². The molecule has 6 heteroatoms. The molecule has 0 saturated heterocycles. The molecule has 0 amide bonds. The summed E-state index contributed by atoms with van der Waals surface area (Å²) < 4.78 is 5.29. The Balaban J connectivity index is 2.05. The van der Waals surface area contributed by atoms with Gasteiger partial charge in [-0.15, -0.1) is 0 Å². The van der Waals surface area contributed by atoms with Crippen molar-refractivity contribution in [3.8, 4) is 0 Å². The molecular formula is C14H17ClN4O. The van der Waals surface area contributed by atoms with E-state index in [1.54, 1.807) is 12.3 Å². The summed E-state index contributed by atoms with van der Waals surface area (Å²) in [5, 5.41) is 3.60. The Kier molecular flexibility index (Phi) is 5.26. The molecule has 5 nitrogen and oxygen atoms in total. The van der Waals surface area contributed by atoms with Gasteiger partial charge in [0.2, 0.25) is 0 Å². The molecule has 2 aromatic rings. The number of rotatable bonds is 6. The number of hydrogen-bond donors (Lipinski definition) is 1. The maximum absolute atomic E-state index is 5.98. The predicted molar refractivity (Wildman–Crippen MR) is 78.7 cm³/mol. The molecule has 0 aliphatic carbocycles. The topological polar surface area (TPSA) is 59.9 Å². The fourth-order valence-electron chi connectivity index (χ4n) is 1.69. The number of halogens is 1. The standard InChI is InChI=1S/C14H17ClN4O/c1-3-20-9-14-18-12(15)7-13(19-14)17-8-11-10(2)5-4-6-16-11/h4-7H,3,8-9H2,1-2H3,(H,17,18,19). The SMILES string of the molecule is CCOCc1nc(Cl)cc(NCc2ncccc2C)n1. The molecule has 0 fully saturated rings. The van der Waals surface area contributed by atoms with E-state index in [4.69, 9.17) is 16.3 Å². The molecule has 0 radical (unpaired) electrons. The molecule has 0 aliphatic heterocycles. The van der Waals surface area contributed by atoms with Crippen molar-refractivity contribution in [2.24, 2.45) is 0 Å². The van der Waals surface area contributed by atoms with Crippen LogP contribution < -0.4 is 5.32 Å². The van der Waals surface area contributed by atoms with Gasteiger partial charge in [-0.25, -0.2) is 9.97 Å². The van der Waals surface area contributed by atoms with Crippen molar-refractivity contribution in [2.75, 3.05) is 11.9 Å². The van der Waals surface area contributed by atoms with Gasteiger partial charge < -0.3 is 10.1 Å². The minimum absolute atomic E-state index is 0.356. The van der Waals surface area contributed by atoms with Gasteiger partial charge >= 0.3 is 0 Å². The van der Waals surface area contributed by atoms with Gasteiger partial charge in [0.1, 0.15) is 17.6 Å². The Morgan fingerprint density at radius 3 is 2.95 bits per heavy atom. The number of nitrogens with zero attached hydrogens (tertiary/aromatic N) is 3. The fourth-order valence-corrected chi connectivity index (χ4v) is 1.89. The molecular weight excluding hydrogens is 276 g/mol. The van der Waals surface area contributed by atoms with Crippen LogP contribution in [-0.2, 0) is 17.9 Å². The first-order valence-electron chi connectivity index (χ1n) is 6.44. The maximum Gasteiger partial charge on any atom is 0.158 e. The molecule has 2 heterocycles. The van der Waals surface area contributed by atoms with Crippen LogP contribution in [-0.4, -0.2) is 21.6 Å². The van der Waals surface area contributed by atoms with Gasteiger partial charge in [-0.2, -0.15) is 0 Å². The number of pyridine rings is 1. The smallest absolute Gasteiger partial charge is 0.158 e. The molecule has 0 saturated carbocycles. The highest BCUT2D eigenvalue weighted by atomic mass is 35.5. The summed E-state index contributed by atoms with van der Waals surface area (Å²) in [5.41, 5.74) is 2.11. The zero-order valence-corrected chi connectivity index (χ0v) is 12.3. The molecule has 2 aromatic heterocycles. The molecule has 2 rings (SSSR count). The lowest BCUT2D eigenvalue weighted by Crippen LogP contribution is -2.07.